The van der Waals surface area contributed by atoms with Crippen LogP contribution in [0, 0.1) is 5.41 Å². The quantitative estimate of drug-likeness (QED) is 0.726. The predicted octanol–water partition coefficient (Wildman–Crippen LogP) is 3.04. The molecule has 0 amide bonds. The summed E-state index contributed by atoms with van der Waals surface area (Å²) in [7, 11) is 0. The SMILES string of the molecule is C/C(=C/C(=N)C(F)(F)F)Nc1ccc(CN)cc1. The van der Waals surface area contributed by atoms with Crippen molar-refractivity contribution in [1.82, 2.24) is 0 Å². The Bertz CT molecular complexity index is 447. The van der Waals surface area contributed by atoms with E-state index in [1.807, 2.05) is 0 Å². The van der Waals surface area contributed by atoms with E-state index < -0.39 is 11.9 Å². The molecule has 1 aromatic carbocycles. The first-order valence-corrected chi connectivity index (χ1v) is 5.23. The zero-order chi connectivity index (χ0) is 13.8. The molecule has 0 aliphatic heterocycles. The van der Waals surface area contributed by atoms with Gasteiger partial charge in [0.25, 0.3) is 0 Å². The lowest BCUT2D eigenvalue weighted by Gasteiger charge is -2.09. The van der Waals surface area contributed by atoms with E-state index in [1.165, 1.54) is 6.92 Å². The van der Waals surface area contributed by atoms with Crippen LogP contribution in [0.2, 0.25) is 0 Å². The minimum atomic E-state index is -4.62. The second kappa shape index (κ2) is 5.68. The van der Waals surface area contributed by atoms with Gasteiger partial charge in [0.2, 0.25) is 0 Å². The summed E-state index contributed by atoms with van der Waals surface area (Å²) in [5.74, 6) is 0. The maximum absolute atomic E-state index is 12.1. The second-order valence-corrected chi connectivity index (χ2v) is 3.76. The Morgan fingerprint density at radius 2 is 1.89 bits per heavy atom. The Balaban J connectivity index is 2.72. The van der Waals surface area contributed by atoms with E-state index in [2.05, 4.69) is 5.32 Å². The van der Waals surface area contributed by atoms with E-state index in [9.17, 15) is 13.2 Å². The molecule has 0 saturated carbocycles. The third-order valence-corrected chi connectivity index (χ3v) is 2.20. The number of hydrogen-bond donors (Lipinski definition) is 3. The van der Waals surface area contributed by atoms with Crippen LogP contribution in [0.4, 0.5) is 18.9 Å². The van der Waals surface area contributed by atoms with Crippen LogP contribution < -0.4 is 11.1 Å². The Morgan fingerprint density at radius 1 is 1.33 bits per heavy atom. The number of alkyl halides is 3. The van der Waals surface area contributed by atoms with Gasteiger partial charge in [-0.3, -0.25) is 5.41 Å². The number of nitrogens with two attached hydrogens (primary N) is 1. The van der Waals surface area contributed by atoms with Crippen molar-refractivity contribution in [3.8, 4) is 0 Å². The van der Waals surface area contributed by atoms with E-state index in [0.29, 0.717) is 12.2 Å². The third kappa shape index (κ3) is 4.21. The number of nitrogens with one attached hydrogen (secondary N) is 2. The van der Waals surface area contributed by atoms with Crippen molar-refractivity contribution in [2.24, 2.45) is 5.73 Å². The van der Waals surface area contributed by atoms with E-state index in [-0.39, 0.29) is 5.70 Å². The maximum Gasteiger partial charge on any atom is 0.432 e. The second-order valence-electron chi connectivity index (χ2n) is 3.76. The number of benzene rings is 1. The lowest BCUT2D eigenvalue weighted by atomic mass is 10.2. The topological polar surface area (TPSA) is 61.9 Å². The van der Waals surface area contributed by atoms with E-state index in [4.69, 9.17) is 11.1 Å². The summed E-state index contributed by atoms with van der Waals surface area (Å²) < 4.78 is 36.4. The summed E-state index contributed by atoms with van der Waals surface area (Å²) in [5, 5.41) is 9.62. The molecule has 0 bridgehead atoms. The zero-order valence-electron chi connectivity index (χ0n) is 9.81. The highest BCUT2D eigenvalue weighted by atomic mass is 19.4. The van der Waals surface area contributed by atoms with Crippen molar-refractivity contribution in [2.75, 3.05) is 5.32 Å². The molecule has 0 aliphatic carbocycles. The van der Waals surface area contributed by atoms with E-state index in [0.717, 1.165) is 11.6 Å². The average Bonchev–Trinajstić information content (AvgIpc) is 2.28. The average molecular weight is 257 g/mol. The molecule has 18 heavy (non-hydrogen) atoms. The smallest absolute Gasteiger partial charge is 0.359 e. The molecule has 0 heterocycles. The van der Waals surface area contributed by atoms with E-state index >= 15 is 0 Å². The van der Waals surface area contributed by atoms with Crippen molar-refractivity contribution >= 4 is 11.4 Å². The minimum absolute atomic E-state index is 0.248. The monoisotopic (exact) mass is 257 g/mol. The molecule has 0 saturated heterocycles. The largest absolute Gasteiger partial charge is 0.432 e. The summed E-state index contributed by atoms with van der Waals surface area (Å²) in [6, 6.07) is 7.00. The first-order valence-electron chi connectivity index (χ1n) is 5.23. The highest BCUT2D eigenvalue weighted by molar-refractivity contribution is 5.97. The maximum atomic E-state index is 12.1. The van der Waals surface area contributed by atoms with Crippen LogP contribution in [0.25, 0.3) is 0 Å². The van der Waals surface area contributed by atoms with Crippen molar-refractivity contribution in [2.45, 2.75) is 19.6 Å². The molecule has 0 aliphatic rings. The van der Waals surface area contributed by atoms with E-state index in [1.54, 1.807) is 24.3 Å². The van der Waals surface area contributed by atoms with Gasteiger partial charge in [-0.2, -0.15) is 13.2 Å². The summed E-state index contributed by atoms with van der Waals surface area (Å²) in [6.45, 7) is 1.88. The standard InChI is InChI=1S/C12H14F3N3/c1-8(6-11(17)12(13,14)15)18-10-4-2-9(7-16)3-5-10/h2-6,17-18H,7,16H2,1H3/b8-6-,17-11?. The minimum Gasteiger partial charge on any atom is -0.359 e. The number of halogens is 3. The van der Waals surface area contributed by atoms with Gasteiger partial charge in [-0.25, -0.2) is 0 Å². The summed E-state index contributed by atoms with van der Waals surface area (Å²) in [6.07, 6.45) is -3.87. The van der Waals surface area contributed by atoms with Crippen LogP contribution in [0.1, 0.15) is 12.5 Å². The van der Waals surface area contributed by atoms with Crippen molar-refractivity contribution in [3.63, 3.8) is 0 Å². The Morgan fingerprint density at radius 3 is 2.33 bits per heavy atom. The summed E-state index contributed by atoms with van der Waals surface area (Å²) >= 11 is 0. The molecule has 0 atom stereocenters. The highest BCUT2D eigenvalue weighted by Gasteiger charge is 2.32. The fourth-order valence-electron chi connectivity index (χ4n) is 1.29. The van der Waals surface area contributed by atoms with Gasteiger partial charge in [-0.05, 0) is 30.7 Å². The first kappa shape index (κ1) is 14.2. The molecule has 6 heteroatoms. The fraction of sp³-hybridized carbons (Fsp3) is 0.250. The summed E-state index contributed by atoms with van der Waals surface area (Å²) in [5.41, 5.74) is 5.88. The summed E-state index contributed by atoms with van der Waals surface area (Å²) in [4.78, 5) is 0. The molecular weight excluding hydrogens is 243 g/mol. The van der Waals surface area contributed by atoms with Crippen LogP contribution >= 0.6 is 0 Å². The fourth-order valence-corrected chi connectivity index (χ4v) is 1.29. The molecule has 0 radical (unpaired) electrons. The Hall–Kier alpha value is -1.82. The van der Waals surface area contributed by atoms with Gasteiger partial charge in [-0.1, -0.05) is 12.1 Å². The molecule has 4 N–H and O–H groups in total. The molecule has 98 valence electrons. The number of rotatable bonds is 4. The van der Waals surface area contributed by atoms with Crippen molar-refractivity contribution in [3.05, 3.63) is 41.6 Å². The molecule has 0 fully saturated rings. The predicted molar refractivity (Wildman–Crippen MR) is 65.5 cm³/mol. The van der Waals surface area contributed by atoms with Gasteiger partial charge in [0, 0.05) is 17.9 Å². The highest BCUT2D eigenvalue weighted by Crippen LogP contribution is 2.18. The third-order valence-electron chi connectivity index (χ3n) is 2.20. The van der Waals surface area contributed by atoms with Crippen LogP contribution in [0.5, 0.6) is 0 Å². The van der Waals surface area contributed by atoms with Crippen molar-refractivity contribution in [1.29, 1.82) is 5.41 Å². The van der Waals surface area contributed by atoms with Gasteiger partial charge in [0.05, 0.1) is 0 Å². The normalized spacial score (nSPS) is 12.4. The molecule has 0 aromatic heterocycles. The van der Waals surface area contributed by atoms with Crippen LogP contribution in [0.15, 0.2) is 36.0 Å². The molecule has 0 unspecified atom stereocenters. The van der Waals surface area contributed by atoms with Crippen molar-refractivity contribution < 1.29 is 13.2 Å². The molecule has 0 spiro atoms. The Kier molecular flexibility index (Phi) is 4.49. The Labute approximate surface area is 103 Å². The molecular formula is C12H14F3N3. The molecule has 3 nitrogen and oxygen atoms in total. The lowest BCUT2D eigenvalue weighted by molar-refractivity contribution is -0.0584. The van der Waals surface area contributed by atoms with Crippen LogP contribution in [-0.2, 0) is 6.54 Å². The van der Waals surface area contributed by atoms with Crippen LogP contribution in [-0.4, -0.2) is 11.9 Å². The molecule has 1 rings (SSSR count). The first-order chi connectivity index (χ1) is 8.32. The lowest BCUT2D eigenvalue weighted by Crippen LogP contribution is -2.20. The van der Waals surface area contributed by atoms with Crippen LogP contribution in [0.3, 0.4) is 0 Å². The molecule has 1 aromatic rings. The number of hydrogen-bond acceptors (Lipinski definition) is 3. The van der Waals surface area contributed by atoms with Gasteiger partial charge in [-0.15, -0.1) is 0 Å². The number of anilines is 1. The van der Waals surface area contributed by atoms with Gasteiger partial charge in [0.1, 0.15) is 5.71 Å². The van der Waals surface area contributed by atoms with Gasteiger partial charge < -0.3 is 11.1 Å². The van der Waals surface area contributed by atoms with Gasteiger partial charge >= 0.3 is 6.18 Å². The number of allylic oxidation sites excluding steroid dienone is 2. The van der Waals surface area contributed by atoms with Gasteiger partial charge in [0.15, 0.2) is 0 Å². The zero-order valence-corrected chi connectivity index (χ0v) is 9.81.